The molecule has 0 aliphatic carbocycles. The first-order valence-corrected chi connectivity index (χ1v) is 7.17. The van der Waals surface area contributed by atoms with Gasteiger partial charge in [-0.2, -0.15) is 13.2 Å². The number of hydrogen-bond acceptors (Lipinski definition) is 2. The van der Waals surface area contributed by atoms with Crippen LogP contribution in [0.25, 0.3) is 0 Å². The summed E-state index contributed by atoms with van der Waals surface area (Å²) in [4.78, 5) is 25.0. The second-order valence-corrected chi connectivity index (χ2v) is 5.23. The molecule has 0 bridgehead atoms. The Hall–Kier alpha value is -2.12. The van der Waals surface area contributed by atoms with Gasteiger partial charge < -0.3 is 10.2 Å². The van der Waals surface area contributed by atoms with E-state index in [4.69, 9.17) is 0 Å². The molecular weight excluding hydrogens is 316 g/mol. The Labute approximate surface area is 130 Å². The molecule has 1 N–H and O–H groups in total. The highest BCUT2D eigenvalue weighted by molar-refractivity contribution is 5.90. The number of likely N-dealkylation sites (N-methyl/N-ethyl adjacent to an activating group) is 1. The number of halogens is 4. The van der Waals surface area contributed by atoms with Gasteiger partial charge in [0.1, 0.15) is 11.9 Å². The summed E-state index contributed by atoms with van der Waals surface area (Å²) < 4.78 is 51.8. The highest BCUT2D eigenvalue weighted by Crippen LogP contribution is 2.32. The highest BCUT2D eigenvalue weighted by atomic mass is 19.4. The van der Waals surface area contributed by atoms with Crippen LogP contribution in [0.15, 0.2) is 18.2 Å². The van der Waals surface area contributed by atoms with Gasteiger partial charge in [-0.3, -0.25) is 9.59 Å². The average Bonchev–Trinajstić information content (AvgIpc) is 2.85. The minimum absolute atomic E-state index is 0.141. The number of carbonyl (C=O) groups is 2. The summed E-state index contributed by atoms with van der Waals surface area (Å²) >= 11 is 0. The molecule has 0 aromatic heterocycles. The molecule has 23 heavy (non-hydrogen) atoms. The van der Waals surface area contributed by atoms with Gasteiger partial charge in [0.05, 0.1) is 5.56 Å². The maximum atomic E-state index is 13.9. The van der Waals surface area contributed by atoms with E-state index >= 15 is 0 Å². The van der Waals surface area contributed by atoms with Gasteiger partial charge in [-0.1, -0.05) is 12.1 Å². The fourth-order valence-corrected chi connectivity index (χ4v) is 2.64. The molecule has 1 saturated heterocycles. The standard InChI is InChI=1S/C15H16F4N2O2/c1-2-21-11(6-7-12(21)22)14(23)20-8-9-4-3-5-10(13(9)16)15(17,18)19/h3-5,11H,2,6-8H2,1H3,(H,20,23)/t11-/m1/s1. The van der Waals surface area contributed by atoms with Crippen LogP contribution in [0.2, 0.25) is 0 Å². The van der Waals surface area contributed by atoms with Crippen molar-refractivity contribution >= 4 is 11.8 Å². The minimum Gasteiger partial charge on any atom is -0.350 e. The summed E-state index contributed by atoms with van der Waals surface area (Å²) in [5.74, 6) is -2.03. The first-order valence-electron chi connectivity index (χ1n) is 7.17. The zero-order valence-electron chi connectivity index (χ0n) is 12.4. The smallest absolute Gasteiger partial charge is 0.350 e. The summed E-state index contributed by atoms with van der Waals surface area (Å²) in [5.41, 5.74) is -1.61. The van der Waals surface area contributed by atoms with E-state index in [9.17, 15) is 27.2 Å². The van der Waals surface area contributed by atoms with Crippen molar-refractivity contribution in [3.05, 3.63) is 35.1 Å². The number of amides is 2. The topological polar surface area (TPSA) is 49.4 Å². The van der Waals surface area contributed by atoms with E-state index < -0.39 is 29.5 Å². The van der Waals surface area contributed by atoms with E-state index in [0.717, 1.165) is 6.07 Å². The molecule has 0 unspecified atom stereocenters. The zero-order chi connectivity index (χ0) is 17.2. The van der Waals surface area contributed by atoms with Crippen molar-refractivity contribution in [1.29, 1.82) is 0 Å². The number of nitrogens with zero attached hydrogens (tertiary/aromatic N) is 1. The van der Waals surface area contributed by atoms with E-state index in [0.29, 0.717) is 19.0 Å². The molecule has 0 radical (unpaired) electrons. The van der Waals surface area contributed by atoms with Gasteiger partial charge in [0.25, 0.3) is 0 Å². The predicted molar refractivity (Wildman–Crippen MR) is 73.7 cm³/mol. The fraction of sp³-hybridized carbons (Fsp3) is 0.467. The van der Waals surface area contributed by atoms with Gasteiger partial charge in [-0.15, -0.1) is 0 Å². The van der Waals surface area contributed by atoms with Crippen LogP contribution in [-0.2, 0) is 22.3 Å². The maximum Gasteiger partial charge on any atom is 0.419 e. The first kappa shape index (κ1) is 17.2. The van der Waals surface area contributed by atoms with Crippen molar-refractivity contribution in [2.75, 3.05) is 6.54 Å². The van der Waals surface area contributed by atoms with Crippen LogP contribution in [0, 0.1) is 5.82 Å². The van der Waals surface area contributed by atoms with Crippen molar-refractivity contribution in [3.63, 3.8) is 0 Å². The molecule has 1 aromatic rings. The molecule has 0 saturated carbocycles. The highest BCUT2D eigenvalue weighted by Gasteiger charge is 2.36. The van der Waals surface area contributed by atoms with Gasteiger partial charge in [-0.05, 0) is 19.4 Å². The Bertz CT molecular complexity index is 616. The molecule has 1 atom stereocenters. The van der Waals surface area contributed by atoms with Crippen LogP contribution in [0.1, 0.15) is 30.9 Å². The summed E-state index contributed by atoms with van der Waals surface area (Å²) in [7, 11) is 0. The third kappa shape index (κ3) is 3.62. The van der Waals surface area contributed by atoms with E-state index in [1.807, 2.05) is 0 Å². The number of hydrogen-bond donors (Lipinski definition) is 1. The lowest BCUT2D eigenvalue weighted by Gasteiger charge is -2.22. The molecule has 1 aliphatic heterocycles. The Morgan fingerprint density at radius 2 is 2.09 bits per heavy atom. The van der Waals surface area contributed by atoms with Crippen LogP contribution >= 0.6 is 0 Å². The minimum atomic E-state index is -4.79. The molecule has 2 rings (SSSR count). The van der Waals surface area contributed by atoms with Crippen molar-refractivity contribution < 1.29 is 27.2 Å². The summed E-state index contributed by atoms with van der Waals surface area (Å²) in [6.07, 6.45) is -4.19. The maximum absolute atomic E-state index is 13.9. The quantitative estimate of drug-likeness (QED) is 0.861. The van der Waals surface area contributed by atoms with Crippen molar-refractivity contribution in [3.8, 4) is 0 Å². The second kappa shape index (κ2) is 6.55. The molecular formula is C15H16F4N2O2. The van der Waals surface area contributed by atoms with Gasteiger partial charge in [-0.25, -0.2) is 4.39 Å². The number of carbonyl (C=O) groups excluding carboxylic acids is 2. The molecule has 2 amide bonds. The van der Waals surface area contributed by atoms with E-state index in [1.165, 1.54) is 11.0 Å². The normalized spacial score (nSPS) is 18.4. The third-order valence-electron chi connectivity index (χ3n) is 3.81. The lowest BCUT2D eigenvalue weighted by Crippen LogP contribution is -2.44. The fourth-order valence-electron chi connectivity index (χ4n) is 2.64. The van der Waals surface area contributed by atoms with Crippen molar-refractivity contribution in [2.24, 2.45) is 0 Å². The van der Waals surface area contributed by atoms with Crippen molar-refractivity contribution in [1.82, 2.24) is 10.2 Å². The predicted octanol–water partition coefficient (Wildman–Crippen LogP) is 2.47. The van der Waals surface area contributed by atoms with Crippen LogP contribution in [-0.4, -0.2) is 29.3 Å². The molecule has 4 nitrogen and oxygen atoms in total. The summed E-state index contributed by atoms with van der Waals surface area (Å²) in [6.45, 7) is 1.74. The third-order valence-corrected chi connectivity index (χ3v) is 3.81. The molecule has 1 heterocycles. The van der Waals surface area contributed by atoms with Gasteiger partial charge in [0.2, 0.25) is 11.8 Å². The molecule has 1 fully saturated rings. The Morgan fingerprint density at radius 1 is 1.39 bits per heavy atom. The molecule has 0 spiro atoms. The zero-order valence-corrected chi connectivity index (χ0v) is 12.4. The van der Waals surface area contributed by atoms with Crippen LogP contribution in [0.3, 0.4) is 0 Å². The van der Waals surface area contributed by atoms with Crippen LogP contribution < -0.4 is 5.32 Å². The Morgan fingerprint density at radius 3 is 2.70 bits per heavy atom. The second-order valence-electron chi connectivity index (χ2n) is 5.23. The van der Waals surface area contributed by atoms with Gasteiger partial charge in [0, 0.05) is 25.1 Å². The first-order chi connectivity index (χ1) is 10.8. The SMILES string of the molecule is CCN1C(=O)CC[C@@H]1C(=O)NCc1cccc(C(F)(F)F)c1F. The monoisotopic (exact) mass is 332 g/mol. The number of alkyl halides is 3. The molecule has 1 aliphatic rings. The number of rotatable bonds is 4. The Balaban J connectivity index is 2.07. The van der Waals surface area contributed by atoms with Crippen LogP contribution in [0.4, 0.5) is 17.6 Å². The van der Waals surface area contributed by atoms with Crippen molar-refractivity contribution in [2.45, 2.75) is 38.5 Å². The number of benzene rings is 1. The van der Waals surface area contributed by atoms with E-state index in [2.05, 4.69) is 5.32 Å². The summed E-state index contributed by atoms with van der Waals surface area (Å²) in [5, 5.41) is 2.41. The number of likely N-dealkylation sites (tertiary alicyclic amines) is 1. The Kier molecular flexibility index (Phi) is 4.91. The molecule has 8 heteroatoms. The van der Waals surface area contributed by atoms with E-state index in [-0.39, 0.29) is 24.4 Å². The number of nitrogens with one attached hydrogen (secondary N) is 1. The van der Waals surface area contributed by atoms with Gasteiger partial charge >= 0.3 is 6.18 Å². The largest absolute Gasteiger partial charge is 0.419 e. The van der Waals surface area contributed by atoms with Gasteiger partial charge in [0.15, 0.2) is 0 Å². The molecule has 1 aromatic carbocycles. The molecule has 126 valence electrons. The lowest BCUT2D eigenvalue weighted by atomic mass is 10.1. The van der Waals surface area contributed by atoms with Crippen LogP contribution in [0.5, 0.6) is 0 Å². The van der Waals surface area contributed by atoms with E-state index in [1.54, 1.807) is 6.92 Å². The lowest BCUT2D eigenvalue weighted by molar-refractivity contribution is -0.140. The summed E-state index contributed by atoms with van der Waals surface area (Å²) in [6, 6.07) is 2.27. The average molecular weight is 332 g/mol.